The molecule has 0 aliphatic carbocycles. The Balaban J connectivity index is 1.60. The number of aryl methyl sites for hydroxylation is 2. The highest BCUT2D eigenvalue weighted by Crippen LogP contribution is 2.29. The van der Waals surface area contributed by atoms with Gasteiger partial charge >= 0.3 is 6.18 Å². The standard InChI is InChI=1S/C21H17F4N5O/c1-13-8-17(22)15(14-10-26-29(12-14)7-5-21(23,24)25)9-18(13)28-20(31)16-11-27-30-6-3-2-4-19(16)30/h2-4,6,8-12H,5,7H2,1H3,(H,28,31). The summed E-state index contributed by atoms with van der Waals surface area (Å²) in [5.74, 6) is -0.982. The Morgan fingerprint density at radius 3 is 2.74 bits per heavy atom. The van der Waals surface area contributed by atoms with Crippen molar-refractivity contribution in [3.63, 3.8) is 0 Å². The van der Waals surface area contributed by atoms with Crippen molar-refractivity contribution >= 4 is 17.1 Å². The zero-order valence-electron chi connectivity index (χ0n) is 16.3. The van der Waals surface area contributed by atoms with Gasteiger partial charge in [-0.3, -0.25) is 9.48 Å². The molecule has 0 aliphatic heterocycles. The minimum atomic E-state index is -4.31. The van der Waals surface area contributed by atoms with Gasteiger partial charge in [-0.1, -0.05) is 6.07 Å². The first-order valence-corrected chi connectivity index (χ1v) is 9.35. The molecule has 1 aromatic carbocycles. The molecular weight excluding hydrogens is 414 g/mol. The molecule has 4 aromatic rings. The van der Waals surface area contributed by atoms with E-state index in [1.54, 1.807) is 35.8 Å². The third-order valence-corrected chi connectivity index (χ3v) is 4.80. The average Bonchev–Trinajstić information content (AvgIpc) is 3.35. The number of hydrogen-bond acceptors (Lipinski definition) is 3. The molecule has 0 bridgehead atoms. The summed E-state index contributed by atoms with van der Waals surface area (Å²) in [6.07, 6.45) is 0.443. The van der Waals surface area contributed by atoms with Crippen molar-refractivity contribution in [3.8, 4) is 11.1 Å². The number of amides is 1. The van der Waals surface area contributed by atoms with Crippen molar-refractivity contribution in [1.82, 2.24) is 19.4 Å². The number of aromatic nitrogens is 4. The van der Waals surface area contributed by atoms with Crippen LogP contribution in [0, 0.1) is 12.7 Å². The predicted octanol–water partition coefficient (Wildman–Crippen LogP) is 4.85. The fourth-order valence-corrected chi connectivity index (χ4v) is 3.19. The van der Waals surface area contributed by atoms with Crippen LogP contribution in [0.3, 0.4) is 0 Å². The van der Waals surface area contributed by atoms with E-state index in [1.807, 2.05) is 0 Å². The van der Waals surface area contributed by atoms with Gasteiger partial charge in [-0.05, 0) is 36.8 Å². The van der Waals surface area contributed by atoms with Crippen LogP contribution in [0.15, 0.2) is 55.1 Å². The quantitative estimate of drug-likeness (QED) is 0.460. The number of carbonyl (C=O) groups is 1. The van der Waals surface area contributed by atoms with Crippen LogP contribution in [-0.2, 0) is 6.54 Å². The van der Waals surface area contributed by atoms with E-state index in [0.29, 0.717) is 27.9 Å². The number of nitrogens with one attached hydrogen (secondary N) is 1. The summed E-state index contributed by atoms with van der Waals surface area (Å²) in [4.78, 5) is 12.8. The van der Waals surface area contributed by atoms with Crippen LogP contribution in [-0.4, -0.2) is 31.5 Å². The zero-order chi connectivity index (χ0) is 22.2. The molecule has 0 atom stereocenters. The Bertz CT molecular complexity index is 1260. The third-order valence-electron chi connectivity index (χ3n) is 4.80. The molecule has 0 radical (unpaired) electrons. The van der Waals surface area contributed by atoms with Crippen LogP contribution in [0.5, 0.6) is 0 Å². The molecule has 0 saturated heterocycles. The van der Waals surface area contributed by atoms with Gasteiger partial charge in [0, 0.05) is 35.8 Å². The van der Waals surface area contributed by atoms with Crippen molar-refractivity contribution in [1.29, 1.82) is 0 Å². The topological polar surface area (TPSA) is 64.2 Å². The molecule has 160 valence electrons. The molecule has 31 heavy (non-hydrogen) atoms. The maximum absolute atomic E-state index is 14.6. The van der Waals surface area contributed by atoms with E-state index in [9.17, 15) is 22.4 Å². The van der Waals surface area contributed by atoms with Crippen LogP contribution < -0.4 is 5.32 Å². The summed E-state index contributed by atoms with van der Waals surface area (Å²) in [7, 11) is 0. The highest BCUT2D eigenvalue weighted by molar-refractivity contribution is 6.09. The van der Waals surface area contributed by atoms with Gasteiger partial charge < -0.3 is 5.32 Å². The number of benzene rings is 1. The van der Waals surface area contributed by atoms with Crippen LogP contribution in [0.25, 0.3) is 16.6 Å². The van der Waals surface area contributed by atoms with Gasteiger partial charge in [-0.15, -0.1) is 0 Å². The average molecular weight is 431 g/mol. The number of anilines is 1. The van der Waals surface area contributed by atoms with E-state index in [4.69, 9.17) is 0 Å². The lowest BCUT2D eigenvalue weighted by Gasteiger charge is -2.11. The van der Waals surface area contributed by atoms with Gasteiger partial charge in [0.25, 0.3) is 5.91 Å². The zero-order valence-corrected chi connectivity index (χ0v) is 16.3. The Hall–Kier alpha value is -3.69. The smallest absolute Gasteiger partial charge is 0.322 e. The Kier molecular flexibility index (Phi) is 5.22. The number of rotatable bonds is 5. The van der Waals surface area contributed by atoms with E-state index in [-0.39, 0.29) is 12.1 Å². The van der Waals surface area contributed by atoms with Gasteiger partial charge in [0.15, 0.2) is 0 Å². The summed E-state index contributed by atoms with van der Waals surface area (Å²) in [5.41, 5.74) is 2.28. The molecule has 0 unspecified atom stereocenters. The fourth-order valence-electron chi connectivity index (χ4n) is 3.19. The first-order valence-electron chi connectivity index (χ1n) is 9.35. The highest BCUT2D eigenvalue weighted by Gasteiger charge is 2.27. The minimum absolute atomic E-state index is 0.124. The molecule has 0 fully saturated rings. The second kappa shape index (κ2) is 7.86. The van der Waals surface area contributed by atoms with Gasteiger partial charge in [0.2, 0.25) is 0 Å². The van der Waals surface area contributed by atoms with Crippen molar-refractivity contribution in [2.75, 3.05) is 5.32 Å². The molecule has 10 heteroatoms. The Morgan fingerprint density at radius 2 is 1.97 bits per heavy atom. The highest BCUT2D eigenvalue weighted by atomic mass is 19.4. The lowest BCUT2D eigenvalue weighted by atomic mass is 10.0. The summed E-state index contributed by atoms with van der Waals surface area (Å²) < 4.78 is 54.5. The largest absolute Gasteiger partial charge is 0.390 e. The maximum atomic E-state index is 14.6. The lowest BCUT2D eigenvalue weighted by molar-refractivity contribution is -0.137. The lowest BCUT2D eigenvalue weighted by Crippen LogP contribution is -2.13. The SMILES string of the molecule is Cc1cc(F)c(-c2cnn(CCC(F)(F)F)c2)cc1NC(=O)c1cnn2ccccc12. The molecule has 1 amide bonds. The fraction of sp³-hybridized carbons (Fsp3) is 0.190. The first kappa shape index (κ1) is 20.6. The minimum Gasteiger partial charge on any atom is -0.322 e. The molecule has 0 aliphatic rings. The number of carbonyl (C=O) groups excluding carboxylic acids is 1. The number of halogens is 4. The molecule has 4 rings (SSSR count). The number of alkyl halides is 3. The van der Waals surface area contributed by atoms with E-state index < -0.39 is 24.3 Å². The molecule has 3 aromatic heterocycles. The Morgan fingerprint density at radius 1 is 1.16 bits per heavy atom. The van der Waals surface area contributed by atoms with Gasteiger partial charge in [-0.2, -0.15) is 23.4 Å². The molecule has 0 spiro atoms. The second-order valence-electron chi connectivity index (χ2n) is 7.05. The normalized spacial score (nSPS) is 11.8. The van der Waals surface area contributed by atoms with E-state index in [0.717, 1.165) is 4.68 Å². The number of fused-ring (bicyclic) bond motifs is 1. The van der Waals surface area contributed by atoms with Crippen LogP contribution >= 0.6 is 0 Å². The second-order valence-corrected chi connectivity index (χ2v) is 7.05. The number of hydrogen-bond donors (Lipinski definition) is 1. The monoisotopic (exact) mass is 431 g/mol. The summed E-state index contributed by atoms with van der Waals surface area (Å²) in [6, 6.07) is 8.02. The van der Waals surface area contributed by atoms with E-state index in [2.05, 4.69) is 15.5 Å². The predicted molar refractivity (Wildman–Crippen MR) is 106 cm³/mol. The van der Waals surface area contributed by atoms with Crippen LogP contribution in [0.1, 0.15) is 22.3 Å². The summed E-state index contributed by atoms with van der Waals surface area (Å²) >= 11 is 0. The third kappa shape index (κ3) is 4.42. The molecule has 6 nitrogen and oxygen atoms in total. The number of pyridine rings is 1. The summed E-state index contributed by atoms with van der Waals surface area (Å²) in [5, 5.41) is 10.8. The summed E-state index contributed by atoms with van der Waals surface area (Å²) in [6.45, 7) is 1.28. The van der Waals surface area contributed by atoms with Crippen molar-refractivity contribution in [3.05, 3.63) is 72.1 Å². The van der Waals surface area contributed by atoms with E-state index in [1.165, 1.54) is 30.7 Å². The van der Waals surface area contributed by atoms with E-state index >= 15 is 0 Å². The Labute approximate surface area is 174 Å². The molecule has 0 saturated carbocycles. The van der Waals surface area contributed by atoms with Crippen molar-refractivity contribution in [2.24, 2.45) is 0 Å². The first-order chi connectivity index (χ1) is 14.7. The van der Waals surface area contributed by atoms with Crippen molar-refractivity contribution < 1.29 is 22.4 Å². The van der Waals surface area contributed by atoms with Crippen LogP contribution in [0.2, 0.25) is 0 Å². The molecule has 1 N–H and O–H groups in total. The van der Waals surface area contributed by atoms with Gasteiger partial charge in [-0.25, -0.2) is 8.91 Å². The molecular formula is C21H17F4N5O. The maximum Gasteiger partial charge on any atom is 0.390 e. The molecule has 3 heterocycles. The van der Waals surface area contributed by atoms with Gasteiger partial charge in [0.05, 0.1) is 29.9 Å². The van der Waals surface area contributed by atoms with Crippen molar-refractivity contribution in [2.45, 2.75) is 26.1 Å². The van der Waals surface area contributed by atoms with Crippen LogP contribution in [0.4, 0.5) is 23.2 Å². The van der Waals surface area contributed by atoms with Gasteiger partial charge in [0.1, 0.15) is 5.82 Å². The number of nitrogens with zero attached hydrogens (tertiary/aromatic N) is 4.